The van der Waals surface area contributed by atoms with Crippen molar-refractivity contribution in [1.82, 2.24) is 5.32 Å². The molecule has 0 aliphatic heterocycles. The smallest absolute Gasteiger partial charge is 0.260 e. The molecule has 0 bridgehead atoms. The molecule has 140 valence electrons. The molecule has 0 aliphatic carbocycles. The van der Waals surface area contributed by atoms with Gasteiger partial charge in [-0.25, -0.2) is 0 Å². The van der Waals surface area contributed by atoms with Crippen LogP contribution in [0.2, 0.25) is 5.02 Å². The normalized spacial score (nSPS) is 11.8. The van der Waals surface area contributed by atoms with E-state index < -0.39 is 6.10 Å². The number of nitrogens with one attached hydrogen (secondary N) is 1. The van der Waals surface area contributed by atoms with E-state index in [1.807, 2.05) is 61.5 Å². The minimum atomic E-state index is -0.607. The Kier molecular flexibility index (Phi) is 6.20. The molecule has 3 rings (SSSR count). The van der Waals surface area contributed by atoms with Gasteiger partial charge in [0.15, 0.2) is 6.10 Å². The van der Waals surface area contributed by atoms with Gasteiger partial charge in [0, 0.05) is 10.4 Å². The lowest BCUT2D eigenvalue weighted by atomic mass is 10.1. The highest BCUT2D eigenvalue weighted by molar-refractivity contribution is 6.31. The van der Waals surface area contributed by atoms with Crippen molar-refractivity contribution in [3.05, 3.63) is 71.2 Å². The van der Waals surface area contributed by atoms with E-state index in [1.165, 1.54) is 0 Å². The fourth-order valence-corrected chi connectivity index (χ4v) is 2.86. The largest absolute Gasteiger partial charge is 0.492 e. The quantitative estimate of drug-likeness (QED) is 0.598. The summed E-state index contributed by atoms with van der Waals surface area (Å²) in [5, 5.41) is 5.55. The Hall–Kier alpha value is -2.72. The van der Waals surface area contributed by atoms with Crippen LogP contribution in [0.3, 0.4) is 0 Å². The average molecular weight is 384 g/mol. The van der Waals surface area contributed by atoms with E-state index >= 15 is 0 Å². The Labute approximate surface area is 164 Å². The third-order valence-corrected chi connectivity index (χ3v) is 4.64. The van der Waals surface area contributed by atoms with Crippen LogP contribution in [0.4, 0.5) is 0 Å². The molecule has 3 aromatic rings. The van der Waals surface area contributed by atoms with Crippen LogP contribution in [0, 0.1) is 6.92 Å². The molecule has 1 atom stereocenters. The van der Waals surface area contributed by atoms with E-state index in [0.29, 0.717) is 29.7 Å². The summed E-state index contributed by atoms with van der Waals surface area (Å²) in [4.78, 5) is 12.3. The number of fused-ring (bicyclic) bond motifs is 1. The van der Waals surface area contributed by atoms with Gasteiger partial charge in [0.1, 0.15) is 18.1 Å². The van der Waals surface area contributed by atoms with Crippen molar-refractivity contribution in [2.24, 2.45) is 0 Å². The number of amides is 1. The van der Waals surface area contributed by atoms with Crippen molar-refractivity contribution in [1.29, 1.82) is 0 Å². The van der Waals surface area contributed by atoms with Gasteiger partial charge in [-0.3, -0.25) is 4.79 Å². The molecule has 5 heteroatoms. The topological polar surface area (TPSA) is 47.6 Å². The summed E-state index contributed by atoms with van der Waals surface area (Å²) in [6.07, 6.45) is -0.607. The van der Waals surface area contributed by atoms with Gasteiger partial charge < -0.3 is 14.8 Å². The highest BCUT2D eigenvalue weighted by atomic mass is 35.5. The van der Waals surface area contributed by atoms with Gasteiger partial charge >= 0.3 is 0 Å². The van der Waals surface area contributed by atoms with E-state index in [1.54, 1.807) is 13.0 Å². The zero-order valence-electron chi connectivity index (χ0n) is 15.4. The standard InChI is InChI=1S/C22H22ClNO3/c1-15-10-11-18(14-20(15)23)26-13-12-24-22(25)16(2)27-21-9-5-7-17-6-3-4-8-19(17)21/h3-11,14,16H,12-13H2,1-2H3,(H,24,25)/t16-/m1/s1. The predicted octanol–water partition coefficient (Wildman–Crippen LogP) is 4.76. The van der Waals surface area contributed by atoms with Gasteiger partial charge in [-0.05, 0) is 43.0 Å². The summed E-state index contributed by atoms with van der Waals surface area (Å²) in [7, 11) is 0. The van der Waals surface area contributed by atoms with E-state index in [-0.39, 0.29) is 5.91 Å². The van der Waals surface area contributed by atoms with Gasteiger partial charge in [-0.1, -0.05) is 54.1 Å². The summed E-state index contributed by atoms with van der Waals surface area (Å²) in [6, 6.07) is 19.3. The van der Waals surface area contributed by atoms with Gasteiger partial charge in [-0.2, -0.15) is 0 Å². The minimum Gasteiger partial charge on any atom is -0.492 e. The first-order valence-corrected chi connectivity index (χ1v) is 9.23. The lowest BCUT2D eigenvalue weighted by molar-refractivity contribution is -0.127. The van der Waals surface area contributed by atoms with Crippen molar-refractivity contribution >= 4 is 28.3 Å². The number of hydrogen-bond acceptors (Lipinski definition) is 3. The van der Waals surface area contributed by atoms with Crippen LogP contribution >= 0.6 is 11.6 Å². The highest BCUT2D eigenvalue weighted by Gasteiger charge is 2.15. The maximum atomic E-state index is 12.3. The van der Waals surface area contributed by atoms with E-state index in [0.717, 1.165) is 16.3 Å². The number of aryl methyl sites for hydroxylation is 1. The average Bonchev–Trinajstić information content (AvgIpc) is 2.68. The van der Waals surface area contributed by atoms with Crippen molar-refractivity contribution in [3.8, 4) is 11.5 Å². The highest BCUT2D eigenvalue weighted by Crippen LogP contribution is 2.26. The molecule has 0 spiro atoms. The molecule has 0 fully saturated rings. The molecule has 4 nitrogen and oxygen atoms in total. The number of hydrogen-bond donors (Lipinski definition) is 1. The second-order valence-electron chi connectivity index (χ2n) is 6.29. The molecule has 1 amide bonds. The van der Waals surface area contributed by atoms with E-state index in [2.05, 4.69) is 5.32 Å². The molecule has 0 aliphatic rings. The van der Waals surface area contributed by atoms with E-state index in [4.69, 9.17) is 21.1 Å². The van der Waals surface area contributed by atoms with Crippen molar-refractivity contribution in [3.63, 3.8) is 0 Å². The molecule has 3 aromatic carbocycles. The molecular weight excluding hydrogens is 362 g/mol. The summed E-state index contributed by atoms with van der Waals surface area (Å²) in [5.74, 6) is 1.19. The van der Waals surface area contributed by atoms with Crippen LogP contribution in [-0.4, -0.2) is 25.2 Å². The fraction of sp³-hybridized carbons (Fsp3) is 0.227. The van der Waals surface area contributed by atoms with Gasteiger partial charge in [0.05, 0.1) is 6.54 Å². The summed E-state index contributed by atoms with van der Waals surface area (Å²) in [5.41, 5.74) is 0.997. The van der Waals surface area contributed by atoms with Crippen LogP contribution in [0.15, 0.2) is 60.7 Å². The summed E-state index contributed by atoms with van der Waals surface area (Å²) in [6.45, 7) is 4.40. The molecule has 0 aromatic heterocycles. The summed E-state index contributed by atoms with van der Waals surface area (Å²) >= 11 is 6.07. The zero-order chi connectivity index (χ0) is 19.2. The molecule has 0 heterocycles. The zero-order valence-corrected chi connectivity index (χ0v) is 16.1. The van der Waals surface area contributed by atoms with Crippen LogP contribution in [0.25, 0.3) is 10.8 Å². The minimum absolute atomic E-state index is 0.187. The molecule has 27 heavy (non-hydrogen) atoms. The Morgan fingerprint density at radius 3 is 2.70 bits per heavy atom. The Morgan fingerprint density at radius 1 is 1.11 bits per heavy atom. The Balaban J connectivity index is 1.49. The Morgan fingerprint density at radius 2 is 1.89 bits per heavy atom. The molecule has 0 unspecified atom stereocenters. The van der Waals surface area contributed by atoms with Gasteiger partial charge in [0.25, 0.3) is 5.91 Å². The number of carbonyl (C=O) groups excluding carboxylic acids is 1. The first-order valence-electron chi connectivity index (χ1n) is 8.85. The van der Waals surface area contributed by atoms with Crippen LogP contribution in [0.5, 0.6) is 11.5 Å². The monoisotopic (exact) mass is 383 g/mol. The lowest BCUT2D eigenvalue weighted by Crippen LogP contribution is -2.38. The lowest BCUT2D eigenvalue weighted by Gasteiger charge is -2.16. The molecule has 0 saturated carbocycles. The van der Waals surface area contributed by atoms with Crippen molar-refractivity contribution in [2.75, 3.05) is 13.2 Å². The van der Waals surface area contributed by atoms with Crippen LogP contribution in [-0.2, 0) is 4.79 Å². The number of rotatable bonds is 7. The molecule has 0 radical (unpaired) electrons. The van der Waals surface area contributed by atoms with Crippen LogP contribution < -0.4 is 14.8 Å². The SMILES string of the molecule is Cc1ccc(OCCNC(=O)[C@@H](C)Oc2cccc3ccccc23)cc1Cl. The number of halogens is 1. The summed E-state index contributed by atoms with van der Waals surface area (Å²) < 4.78 is 11.5. The second kappa shape index (κ2) is 8.78. The number of ether oxygens (including phenoxy) is 2. The van der Waals surface area contributed by atoms with Crippen molar-refractivity contribution in [2.45, 2.75) is 20.0 Å². The molecule has 0 saturated heterocycles. The maximum absolute atomic E-state index is 12.3. The second-order valence-corrected chi connectivity index (χ2v) is 6.70. The molecular formula is C22H22ClNO3. The molecule has 1 N–H and O–H groups in total. The van der Waals surface area contributed by atoms with Crippen molar-refractivity contribution < 1.29 is 14.3 Å². The fourth-order valence-electron chi connectivity index (χ4n) is 2.69. The number of benzene rings is 3. The third-order valence-electron chi connectivity index (χ3n) is 4.24. The van der Waals surface area contributed by atoms with Gasteiger partial charge in [-0.15, -0.1) is 0 Å². The Bertz CT molecular complexity index is 936. The van der Waals surface area contributed by atoms with E-state index in [9.17, 15) is 4.79 Å². The predicted molar refractivity (Wildman–Crippen MR) is 109 cm³/mol. The van der Waals surface area contributed by atoms with Gasteiger partial charge in [0.2, 0.25) is 0 Å². The maximum Gasteiger partial charge on any atom is 0.260 e. The van der Waals surface area contributed by atoms with Crippen LogP contribution in [0.1, 0.15) is 12.5 Å². The number of carbonyl (C=O) groups is 1. The first-order chi connectivity index (χ1) is 13.0. The first kappa shape index (κ1) is 19.1. The third kappa shape index (κ3) is 4.92.